The average Bonchev–Trinajstić information content (AvgIpc) is 2.67. The molecular formula is C17H23N3O5. The number of hydrogen-bond donors (Lipinski definition) is 1. The van der Waals surface area contributed by atoms with Gasteiger partial charge in [-0.3, -0.25) is 14.6 Å². The van der Waals surface area contributed by atoms with Crippen LogP contribution < -0.4 is 4.90 Å². The zero-order chi connectivity index (χ0) is 17.6. The summed E-state index contributed by atoms with van der Waals surface area (Å²) in [7, 11) is 0. The van der Waals surface area contributed by atoms with E-state index in [2.05, 4.69) is 17.0 Å². The Balaban J connectivity index is 1.67. The fraction of sp³-hybridized carbons (Fsp3) is 0.529. The highest BCUT2D eigenvalue weighted by atomic mass is 16.5. The maximum absolute atomic E-state index is 11.5. The zero-order valence-corrected chi connectivity index (χ0v) is 14.0. The molecule has 1 N–H and O–H groups in total. The summed E-state index contributed by atoms with van der Waals surface area (Å²) >= 11 is 0. The lowest BCUT2D eigenvalue weighted by Crippen LogP contribution is -2.62. The van der Waals surface area contributed by atoms with E-state index in [1.54, 1.807) is 0 Å². The molecule has 25 heavy (non-hydrogen) atoms. The van der Waals surface area contributed by atoms with Gasteiger partial charge >= 0.3 is 6.09 Å². The monoisotopic (exact) mass is 349 g/mol. The van der Waals surface area contributed by atoms with Crippen molar-refractivity contribution in [1.82, 2.24) is 9.80 Å². The van der Waals surface area contributed by atoms with E-state index in [4.69, 9.17) is 9.47 Å². The van der Waals surface area contributed by atoms with Gasteiger partial charge in [0.2, 0.25) is 0 Å². The normalized spacial score (nSPS) is 23.1. The summed E-state index contributed by atoms with van der Waals surface area (Å²) in [5.74, 6) is 0. The Morgan fingerprint density at radius 1 is 1.20 bits per heavy atom. The van der Waals surface area contributed by atoms with Crippen LogP contribution in [0.2, 0.25) is 0 Å². The molecule has 2 fully saturated rings. The van der Waals surface area contributed by atoms with Gasteiger partial charge in [0, 0.05) is 38.4 Å². The second-order valence-corrected chi connectivity index (χ2v) is 6.10. The van der Waals surface area contributed by atoms with Crippen LogP contribution in [-0.4, -0.2) is 85.7 Å². The van der Waals surface area contributed by atoms with Gasteiger partial charge in [0.15, 0.2) is 6.23 Å². The van der Waals surface area contributed by atoms with E-state index >= 15 is 0 Å². The van der Waals surface area contributed by atoms with Gasteiger partial charge in [-0.25, -0.2) is 4.79 Å². The van der Waals surface area contributed by atoms with Gasteiger partial charge in [0.05, 0.1) is 13.2 Å². The molecule has 0 radical (unpaired) electrons. The second-order valence-electron chi connectivity index (χ2n) is 6.10. The van der Waals surface area contributed by atoms with Gasteiger partial charge in [-0.2, -0.15) is 0 Å². The van der Waals surface area contributed by atoms with Gasteiger partial charge < -0.3 is 19.5 Å². The van der Waals surface area contributed by atoms with Gasteiger partial charge in [-0.15, -0.1) is 0 Å². The third-order valence-electron chi connectivity index (χ3n) is 4.73. The molecule has 2 heterocycles. The van der Waals surface area contributed by atoms with Crippen molar-refractivity contribution in [3.8, 4) is 0 Å². The smallest absolute Gasteiger partial charge is 0.407 e. The van der Waals surface area contributed by atoms with Crippen molar-refractivity contribution in [3.63, 3.8) is 0 Å². The third kappa shape index (κ3) is 4.02. The van der Waals surface area contributed by atoms with Crippen LogP contribution in [0.25, 0.3) is 0 Å². The summed E-state index contributed by atoms with van der Waals surface area (Å²) in [6, 6.07) is 9.61. The van der Waals surface area contributed by atoms with E-state index in [-0.39, 0.29) is 13.2 Å². The first kappa shape index (κ1) is 17.5. The predicted octanol–water partition coefficient (Wildman–Crippen LogP) is 0.687. The molecule has 2 unspecified atom stereocenters. The summed E-state index contributed by atoms with van der Waals surface area (Å²) < 4.78 is 10.7. The summed E-state index contributed by atoms with van der Waals surface area (Å²) in [6.45, 7) is 4.18. The zero-order valence-electron chi connectivity index (χ0n) is 14.0. The highest BCUT2D eigenvalue weighted by molar-refractivity contribution is 5.65. The van der Waals surface area contributed by atoms with Crippen LogP contribution in [0.1, 0.15) is 0 Å². The summed E-state index contributed by atoms with van der Waals surface area (Å²) in [5, 5.41) is 9.41. The number of carboxylic acid groups (broad SMARTS) is 1. The lowest BCUT2D eigenvalue weighted by molar-refractivity contribution is -0.159. The van der Waals surface area contributed by atoms with Gasteiger partial charge in [-0.1, -0.05) is 18.2 Å². The Bertz CT molecular complexity index is 577. The van der Waals surface area contributed by atoms with Crippen molar-refractivity contribution in [2.45, 2.75) is 12.3 Å². The standard InChI is InChI=1S/C17H23N3O5/c21-13-25-16(15-12-24-11-10-20(15)17(22)23)19-8-6-18(7-9-19)14-4-2-1-3-5-14/h1-5,13,15-16H,6-12H2,(H,22,23). The number of nitrogens with zero attached hydrogens (tertiary/aromatic N) is 3. The Morgan fingerprint density at radius 3 is 2.56 bits per heavy atom. The molecule has 1 amide bonds. The molecule has 0 aliphatic carbocycles. The Labute approximate surface area is 146 Å². The minimum Gasteiger partial charge on any atom is -0.465 e. The number of piperazine rings is 1. The van der Waals surface area contributed by atoms with Crippen molar-refractivity contribution in [2.24, 2.45) is 0 Å². The summed E-state index contributed by atoms with van der Waals surface area (Å²) in [6.07, 6.45) is -1.65. The van der Waals surface area contributed by atoms with Crippen molar-refractivity contribution in [1.29, 1.82) is 0 Å². The Morgan fingerprint density at radius 2 is 1.92 bits per heavy atom. The van der Waals surface area contributed by atoms with Crippen LogP contribution in [0.4, 0.5) is 10.5 Å². The first-order valence-electron chi connectivity index (χ1n) is 8.41. The van der Waals surface area contributed by atoms with Crippen LogP contribution in [-0.2, 0) is 14.3 Å². The molecule has 2 atom stereocenters. The first-order valence-corrected chi connectivity index (χ1v) is 8.41. The van der Waals surface area contributed by atoms with Gasteiger partial charge in [0.1, 0.15) is 6.04 Å². The van der Waals surface area contributed by atoms with E-state index in [0.29, 0.717) is 26.2 Å². The molecule has 2 aliphatic rings. The lowest BCUT2D eigenvalue weighted by Gasteiger charge is -2.45. The largest absolute Gasteiger partial charge is 0.465 e. The highest BCUT2D eigenvalue weighted by Gasteiger charge is 2.39. The SMILES string of the molecule is O=COC(C1COCCN1C(=O)O)N1CCN(c2ccccc2)CC1. The molecule has 136 valence electrons. The number of benzene rings is 1. The number of ether oxygens (including phenoxy) is 2. The maximum Gasteiger partial charge on any atom is 0.407 e. The van der Waals surface area contributed by atoms with Crippen molar-refractivity contribution >= 4 is 18.3 Å². The van der Waals surface area contributed by atoms with Crippen LogP contribution >= 0.6 is 0 Å². The summed E-state index contributed by atoms with van der Waals surface area (Å²) in [4.78, 5) is 28.1. The number of morpholine rings is 1. The van der Waals surface area contributed by atoms with E-state index in [0.717, 1.165) is 18.8 Å². The molecule has 1 aromatic carbocycles. The Kier molecular flexibility index (Phi) is 5.72. The highest BCUT2D eigenvalue weighted by Crippen LogP contribution is 2.21. The first-order chi connectivity index (χ1) is 12.2. The van der Waals surface area contributed by atoms with E-state index in [1.807, 2.05) is 23.1 Å². The predicted molar refractivity (Wildman–Crippen MR) is 90.5 cm³/mol. The molecule has 0 saturated carbocycles. The van der Waals surface area contributed by atoms with E-state index in [1.165, 1.54) is 4.90 Å². The average molecular weight is 349 g/mol. The molecule has 8 nitrogen and oxygen atoms in total. The topological polar surface area (TPSA) is 82.5 Å². The molecule has 0 aromatic heterocycles. The molecule has 8 heteroatoms. The van der Waals surface area contributed by atoms with Gasteiger partial charge in [0.25, 0.3) is 6.47 Å². The molecule has 1 aromatic rings. The minimum atomic E-state index is -1.02. The molecule has 2 saturated heterocycles. The number of hydrogen-bond acceptors (Lipinski definition) is 6. The lowest BCUT2D eigenvalue weighted by atomic mass is 10.1. The fourth-order valence-electron chi connectivity index (χ4n) is 3.45. The van der Waals surface area contributed by atoms with Crippen LogP contribution in [0, 0.1) is 0 Å². The number of carbonyl (C=O) groups is 2. The van der Waals surface area contributed by atoms with E-state index in [9.17, 15) is 14.7 Å². The number of rotatable bonds is 5. The van der Waals surface area contributed by atoms with Crippen molar-refractivity contribution < 1.29 is 24.2 Å². The Hall–Kier alpha value is -2.32. The quantitative estimate of drug-likeness (QED) is 0.783. The molecule has 2 aliphatic heterocycles. The van der Waals surface area contributed by atoms with Crippen molar-refractivity contribution in [3.05, 3.63) is 30.3 Å². The molecule has 0 spiro atoms. The van der Waals surface area contributed by atoms with Crippen LogP contribution in [0.15, 0.2) is 30.3 Å². The minimum absolute atomic E-state index is 0.226. The number of amides is 1. The van der Waals surface area contributed by atoms with Crippen LogP contribution in [0.3, 0.4) is 0 Å². The fourth-order valence-corrected chi connectivity index (χ4v) is 3.45. The third-order valence-corrected chi connectivity index (χ3v) is 4.73. The molecule has 0 bridgehead atoms. The second kappa shape index (κ2) is 8.17. The molecule has 3 rings (SSSR count). The van der Waals surface area contributed by atoms with Crippen LogP contribution in [0.5, 0.6) is 0 Å². The maximum atomic E-state index is 11.5. The molecular weight excluding hydrogens is 326 g/mol. The van der Waals surface area contributed by atoms with E-state index < -0.39 is 18.4 Å². The van der Waals surface area contributed by atoms with Gasteiger partial charge in [-0.05, 0) is 12.1 Å². The number of carbonyl (C=O) groups excluding carboxylic acids is 1. The number of anilines is 1. The number of para-hydroxylation sites is 1. The summed E-state index contributed by atoms with van der Waals surface area (Å²) in [5.41, 5.74) is 1.16. The van der Waals surface area contributed by atoms with Crippen molar-refractivity contribution in [2.75, 3.05) is 50.8 Å².